The molecule has 178 valence electrons. The van der Waals surface area contributed by atoms with E-state index in [0.717, 1.165) is 0 Å². The van der Waals surface area contributed by atoms with Crippen molar-refractivity contribution in [3.05, 3.63) is 87.5 Å². The van der Waals surface area contributed by atoms with Crippen molar-refractivity contribution in [2.24, 2.45) is 0 Å². The molecule has 0 atom stereocenters. The first-order chi connectivity index (χ1) is 16.8. The summed E-state index contributed by atoms with van der Waals surface area (Å²) in [4.78, 5) is 38.5. The van der Waals surface area contributed by atoms with Crippen molar-refractivity contribution in [1.29, 1.82) is 0 Å². The second-order valence-electron chi connectivity index (χ2n) is 7.25. The average molecular weight is 532 g/mol. The van der Waals surface area contributed by atoms with Crippen LogP contribution in [0, 0.1) is 0 Å². The van der Waals surface area contributed by atoms with Crippen LogP contribution in [-0.2, 0) is 9.59 Å². The van der Waals surface area contributed by atoms with Crippen molar-refractivity contribution in [2.75, 3.05) is 23.2 Å². The number of halogens is 3. The molecule has 0 fully saturated rings. The van der Waals surface area contributed by atoms with E-state index in [9.17, 15) is 14.4 Å². The van der Waals surface area contributed by atoms with Crippen LogP contribution in [0.4, 0.5) is 11.4 Å². The number of fused-ring (bicyclic) bond motifs is 1. The van der Waals surface area contributed by atoms with Crippen LogP contribution in [-0.4, -0.2) is 29.5 Å². The van der Waals surface area contributed by atoms with E-state index in [1.165, 1.54) is 23.9 Å². The van der Waals surface area contributed by atoms with Gasteiger partial charge < -0.3 is 15.4 Å². The Labute approximate surface area is 214 Å². The number of hydrogen-bond acceptors (Lipinski definition) is 4. The summed E-state index contributed by atoms with van der Waals surface area (Å²) in [6.07, 6.45) is 0. The number of aromatic nitrogens is 1. The zero-order valence-electron chi connectivity index (χ0n) is 18.1. The van der Waals surface area contributed by atoms with Crippen LogP contribution in [0.3, 0.4) is 0 Å². The summed E-state index contributed by atoms with van der Waals surface area (Å²) in [5.74, 6) is -2.20. The molecule has 4 aromatic rings. The van der Waals surface area contributed by atoms with Crippen LogP contribution >= 0.6 is 34.8 Å². The third-order valence-corrected chi connectivity index (χ3v) is 5.70. The van der Waals surface area contributed by atoms with E-state index < -0.39 is 17.7 Å². The minimum absolute atomic E-state index is 0.0272. The molecular weight excluding hydrogens is 515 g/mol. The first kappa shape index (κ1) is 24.4. The largest absolute Gasteiger partial charge is 0.494 e. The van der Waals surface area contributed by atoms with Crippen molar-refractivity contribution in [2.45, 2.75) is 0 Å². The molecule has 35 heavy (non-hydrogen) atoms. The molecule has 0 aliphatic carbocycles. The first-order valence-corrected chi connectivity index (χ1v) is 11.2. The minimum atomic E-state index is -1.02. The highest BCUT2D eigenvalue weighted by molar-refractivity contribution is 6.43. The number of nitrogens with one attached hydrogen (secondary N) is 3. The Kier molecular flexibility index (Phi) is 7.16. The van der Waals surface area contributed by atoms with E-state index in [-0.39, 0.29) is 10.7 Å². The number of carbonyl (C=O) groups is 3. The average Bonchev–Trinajstić information content (AvgIpc) is 3.19. The van der Waals surface area contributed by atoms with Gasteiger partial charge in [0.15, 0.2) is 0 Å². The third kappa shape index (κ3) is 5.35. The monoisotopic (exact) mass is 530 g/mol. The lowest BCUT2D eigenvalue weighted by atomic mass is 10.2. The van der Waals surface area contributed by atoms with Crippen molar-refractivity contribution in [3.63, 3.8) is 0 Å². The van der Waals surface area contributed by atoms with Gasteiger partial charge >= 0.3 is 11.8 Å². The number of carbonyl (C=O) groups excluding carboxylic acids is 3. The zero-order chi connectivity index (χ0) is 25.1. The van der Waals surface area contributed by atoms with Gasteiger partial charge in [0.2, 0.25) is 0 Å². The summed E-state index contributed by atoms with van der Waals surface area (Å²) in [6.45, 7) is 0. The highest BCUT2D eigenvalue weighted by Crippen LogP contribution is 2.30. The van der Waals surface area contributed by atoms with Crippen LogP contribution in [0.25, 0.3) is 10.9 Å². The molecule has 11 heteroatoms. The van der Waals surface area contributed by atoms with Crippen LogP contribution in [0.5, 0.6) is 5.75 Å². The predicted molar refractivity (Wildman–Crippen MR) is 137 cm³/mol. The van der Waals surface area contributed by atoms with E-state index in [1.807, 2.05) is 0 Å². The molecule has 0 aliphatic rings. The molecule has 1 aromatic heterocycles. The molecule has 3 amide bonds. The van der Waals surface area contributed by atoms with Crippen LogP contribution in [0.15, 0.2) is 66.7 Å². The molecule has 3 N–H and O–H groups in total. The van der Waals surface area contributed by atoms with E-state index in [4.69, 9.17) is 39.5 Å². The SMILES string of the molecule is COc1cccc2cc(C(=O)Nc3ccc(Cl)cc3Cl)n(NC(=O)C(=O)Nc3cccc(Cl)c3)c12. The molecule has 0 unspecified atom stereocenters. The van der Waals surface area contributed by atoms with Crippen LogP contribution in [0.2, 0.25) is 15.1 Å². The lowest BCUT2D eigenvalue weighted by molar-refractivity contribution is -0.133. The molecular formula is C24H17Cl3N4O4. The minimum Gasteiger partial charge on any atom is -0.494 e. The predicted octanol–water partition coefficient (Wildman–Crippen LogP) is 5.57. The molecule has 4 rings (SSSR count). The summed E-state index contributed by atoms with van der Waals surface area (Å²) in [7, 11) is 1.45. The smallest absolute Gasteiger partial charge is 0.328 e. The normalized spacial score (nSPS) is 10.6. The summed E-state index contributed by atoms with van der Waals surface area (Å²) in [5.41, 5.74) is 3.53. The maximum Gasteiger partial charge on any atom is 0.328 e. The lowest BCUT2D eigenvalue weighted by Gasteiger charge is -2.14. The Balaban J connectivity index is 1.68. The summed E-state index contributed by atoms with van der Waals surface area (Å²) >= 11 is 18.0. The van der Waals surface area contributed by atoms with Gasteiger partial charge in [-0.15, -0.1) is 0 Å². The number of para-hydroxylation sites is 1. The quantitative estimate of drug-likeness (QED) is 0.293. The van der Waals surface area contributed by atoms with E-state index in [2.05, 4.69) is 16.1 Å². The number of anilines is 2. The van der Waals surface area contributed by atoms with Crippen LogP contribution < -0.4 is 20.8 Å². The molecule has 0 saturated carbocycles. The van der Waals surface area contributed by atoms with Crippen LogP contribution in [0.1, 0.15) is 10.5 Å². The molecule has 8 nitrogen and oxygen atoms in total. The Morgan fingerprint density at radius 2 is 1.57 bits per heavy atom. The second kappa shape index (κ2) is 10.3. The molecule has 0 spiro atoms. The highest BCUT2D eigenvalue weighted by atomic mass is 35.5. The maximum absolute atomic E-state index is 13.2. The number of hydrogen-bond donors (Lipinski definition) is 3. The fraction of sp³-hybridized carbons (Fsp3) is 0.0417. The zero-order valence-corrected chi connectivity index (χ0v) is 20.3. The Morgan fingerprint density at radius 3 is 2.29 bits per heavy atom. The lowest BCUT2D eigenvalue weighted by Crippen LogP contribution is -2.36. The van der Waals surface area contributed by atoms with Crippen molar-refractivity contribution in [3.8, 4) is 5.75 Å². The van der Waals surface area contributed by atoms with Gasteiger partial charge in [0, 0.05) is 21.1 Å². The number of rotatable bonds is 5. The molecule has 0 radical (unpaired) electrons. The first-order valence-electron chi connectivity index (χ1n) is 10.1. The number of nitrogens with zero attached hydrogens (tertiary/aromatic N) is 1. The number of amides is 3. The van der Waals surface area contributed by atoms with E-state index in [1.54, 1.807) is 54.6 Å². The van der Waals surface area contributed by atoms with Gasteiger partial charge in [-0.05, 0) is 48.5 Å². The van der Waals surface area contributed by atoms with Gasteiger partial charge in [-0.1, -0.05) is 53.0 Å². The standard InChI is InChI=1S/C24H17Cl3N4O4/c1-35-20-7-2-4-13-10-19(22(32)29-18-9-8-15(26)12-17(18)27)31(21(13)20)30-24(34)23(33)28-16-6-3-5-14(25)11-16/h2-12H,1H3,(H,28,33)(H,29,32)(H,30,34). The fourth-order valence-corrected chi connectivity index (χ4v) is 4.00. The van der Waals surface area contributed by atoms with E-state index in [0.29, 0.717) is 38.1 Å². The number of benzene rings is 3. The highest BCUT2D eigenvalue weighted by Gasteiger charge is 2.23. The molecule has 0 aliphatic heterocycles. The van der Waals surface area contributed by atoms with Gasteiger partial charge in [-0.3, -0.25) is 19.8 Å². The second-order valence-corrected chi connectivity index (χ2v) is 8.53. The molecule has 3 aromatic carbocycles. The Hall–Kier alpha value is -3.72. The summed E-state index contributed by atoms with van der Waals surface area (Å²) < 4.78 is 6.60. The Bertz CT molecular complexity index is 1470. The van der Waals surface area contributed by atoms with E-state index >= 15 is 0 Å². The summed E-state index contributed by atoms with van der Waals surface area (Å²) in [6, 6.07) is 17.6. The maximum atomic E-state index is 13.2. The number of methoxy groups -OCH3 is 1. The van der Waals surface area contributed by atoms with Crippen molar-refractivity contribution < 1.29 is 19.1 Å². The van der Waals surface area contributed by atoms with Gasteiger partial charge in [0.05, 0.1) is 17.8 Å². The van der Waals surface area contributed by atoms with Gasteiger partial charge in [-0.2, -0.15) is 0 Å². The van der Waals surface area contributed by atoms with Gasteiger partial charge in [-0.25, -0.2) is 4.68 Å². The third-order valence-electron chi connectivity index (χ3n) is 4.92. The molecule has 0 bridgehead atoms. The summed E-state index contributed by atoms with van der Waals surface area (Å²) in [5, 5.41) is 6.77. The van der Waals surface area contributed by atoms with Gasteiger partial charge in [0.1, 0.15) is 17.0 Å². The number of ether oxygens (including phenoxy) is 1. The topological polar surface area (TPSA) is 101 Å². The fourth-order valence-electron chi connectivity index (χ4n) is 3.36. The Morgan fingerprint density at radius 1 is 0.829 bits per heavy atom. The molecule has 0 saturated heterocycles. The van der Waals surface area contributed by atoms with Crippen molar-refractivity contribution >= 4 is 74.8 Å². The van der Waals surface area contributed by atoms with Crippen molar-refractivity contribution in [1.82, 2.24) is 4.68 Å². The molecule has 1 heterocycles. The van der Waals surface area contributed by atoms with Gasteiger partial charge in [0.25, 0.3) is 5.91 Å².